The summed E-state index contributed by atoms with van der Waals surface area (Å²) in [5, 5.41) is 2.12. The number of aromatic nitrogens is 1. The van der Waals surface area contributed by atoms with E-state index in [9.17, 15) is 9.59 Å². The van der Waals surface area contributed by atoms with Gasteiger partial charge in [-0.25, -0.2) is 0 Å². The first-order valence-electron chi connectivity index (χ1n) is 10.2. The first-order chi connectivity index (χ1) is 15.3. The molecule has 0 aliphatic heterocycles. The van der Waals surface area contributed by atoms with Crippen molar-refractivity contribution in [2.45, 2.75) is 26.9 Å². The predicted molar refractivity (Wildman–Crippen MR) is 131 cm³/mol. The van der Waals surface area contributed by atoms with E-state index in [1.807, 2.05) is 38.1 Å². The van der Waals surface area contributed by atoms with E-state index in [0.29, 0.717) is 27.7 Å². The quantitative estimate of drug-likeness (QED) is 0.376. The molecule has 0 fully saturated rings. The maximum atomic E-state index is 13.4. The fraction of sp³-hybridized carbons (Fsp3) is 0.154. The van der Waals surface area contributed by atoms with Gasteiger partial charge in [0.2, 0.25) is 0 Å². The number of rotatable bonds is 5. The maximum absolute atomic E-state index is 13.4. The Morgan fingerprint density at radius 3 is 2.09 bits per heavy atom. The van der Waals surface area contributed by atoms with Crippen LogP contribution in [0.3, 0.4) is 0 Å². The van der Waals surface area contributed by atoms with Gasteiger partial charge < -0.3 is 9.88 Å². The SMILES string of the molecule is Cc1cc2cc(CN(Cc3ccc(Cl)cc3)C(=O)c3ccc(Cl)cc3)c(=O)[nH]c2cc1C. The van der Waals surface area contributed by atoms with E-state index < -0.39 is 0 Å². The van der Waals surface area contributed by atoms with Gasteiger partial charge in [0.05, 0.1) is 6.54 Å². The third kappa shape index (κ3) is 4.87. The lowest BCUT2D eigenvalue weighted by Gasteiger charge is -2.23. The summed E-state index contributed by atoms with van der Waals surface area (Å²) in [5.41, 5.74) is 4.79. The van der Waals surface area contributed by atoms with Gasteiger partial charge in [-0.1, -0.05) is 35.3 Å². The Labute approximate surface area is 196 Å². The number of aryl methyl sites for hydroxylation is 2. The maximum Gasteiger partial charge on any atom is 0.254 e. The van der Waals surface area contributed by atoms with E-state index in [1.54, 1.807) is 41.3 Å². The minimum atomic E-state index is -0.203. The summed E-state index contributed by atoms with van der Waals surface area (Å²) in [6.07, 6.45) is 0. The minimum Gasteiger partial charge on any atom is -0.330 e. The highest BCUT2D eigenvalue weighted by Crippen LogP contribution is 2.20. The van der Waals surface area contributed by atoms with Crippen LogP contribution in [0.2, 0.25) is 10.0 Å². The number of aromatic amines is 1. The van der Waals surface area contributed by atoms with Crippen molar-refractivity contribution in [1.29, 1.82) is 0 Å². The topological polar surface area (TPSA) is 53.2 Å². The van der Waals surface area contributed by atoms with E-state index in [0.717, 1.165) is 27.6 Å². The van der Waals surface area contributed by atoms with Gasteiger partial charge in [-0.05, 0) is 90.5 Å². The number of carbonyl (C=O) groups excluding carboxylic acids is 1. The second-order valence-electron chi connectivity index (χ2n) is 7.94. The molecule has 1 aromatic heterocycles. The lowest BCUT2D eigenvalue weighted by atomic mass is 10.0. The first kappa shape index (κ1) is 22.1. The number of pyridine rings is 1. The number of nitrogens with one attached hydrogen (secondary N) is 1. The van der Waals surface area contributed by atoms with E-state index in [1.165, 1.54) is 0 Å². The number of amides is 1. The molecule has 0 spiro atoms. The Hall–Kier alpha value is -3.08. The lowest BCUT2D eigenvalue weighted by Crippen LogP contribution is -2.32. The van der Waals surface area contributed by atoms with Crippen LogP contribution >= 0.6 is 23.2 Å². The van der Waals surface area contributed by atoms with E-state index in [4.69, 9.17) is 23.2 Å². The number of carbonyl (C=O) groups is 1. The summed E-state index contributed by atoms with van der Waals surface area (Å²) in [7, 11) is 0. The highest BCUT2D eigenvalue weighted by molar-refractivity contribution is 6.30. The summed E-state index contributed by atoms with van der Waals surface area (Å²) in [6.45, 7) is 4.56. The van der Waals surface area contributed by atoms with Gasteiger partial charge >= 0.3 is 0 Å². The van der Waals surface area contributed by atoms with Crippen molar-refractivity contribution in [3.8, 4) is 0 Å². The van der Waals surface area contributed by atoms with E-state index >= 15 is 0 Å². The van der Waals surface area contributed by atoms with Crippen LogP contribution in [0.25, 0.3) is 10.9 Å². The Bertz CT molecular complexity index is 1340. The van der Waals surface area contributed by atoms with Gasteiger partial charge in [0, 0.05) is 33.2 Å². The van der Waals surface area contributed by atoms with Gasteiger partial charge in [0.1, 0.15) is 0 Å². The van der Waals surface area contributed by atoms with Crippen LogP contribution in [-0.2, 0) is 13.1 Å². The van der Waals surface area contributed by atoms with E-state index in [-0.39, 0.29) is 18.0 Å². The van der Waals surface area contributed by atoms with Gasteiger partial charge in [-0.2, -0.15) is 0 Å². The molecule has 0 atom stereocenters. The molecule has 6 heteroatoms. The molecule has 0 bridgehead atoms. The standard InChI is InChI=1S/C26H22Cl2N2O2/c1-16-11-20-13-21(25(31)29-24(20)12-17(16)2)15-30(14-18-3-7-22(27)8-4-18)26(32)19-5-9-23(28)10-6-19/h3-13H,14-15H2,1-2H3,(H,29,31). The highest BCUT2D eigenvalue weighted by Gasteiger charge is 2.19. The molecule has 0 aliphatic rings. The van der Waals surface area contributed by atoms with E-state index in [2.05, 4.69) is 11.1 Å². The highest BCUT2D eigenvalue weighted by atomic mass is 35.5. The lowest BCUT2D eigenvalue weighted by molar-refractivity contribution is 0.0729. The number of halogens is 2. The summed E-state index contributed by atoms with van der Waals surface area (Å²) in [4.78, 5) is 30.8. The van der Waals surface area contributed by atoms with Gasteiger partial charge in [0.15, 0.2) is 0 Å². The number of fused-ring (bicyclic) bond motifs is 1. The molecule has 1 amide bonds. The van der Waals surface area contributed by atoms with Crippen molar-refractivity contribution in [3.63, 3.8) is 0 Å². The van der Waals surface area contributed by atoms with Crippen LogP contribution < -0.4 is 5.56 Å². The second kappa shape index (κ2) is 9.19. The zero-order valence-corrected chi connectivity index (χ0v) is 19.3. The zero-order chi connectivity index (χ0) is 22.8. The molecule has 1 N–H and O–H groups in total. The van der Waals surface area contributed by atoms with Crippen LogP contribution in [-0.4, -0.2) is 15.8 Å². The Morgan fingerprint density at radius 1 is 0.844 bits per heavy atom. The van der Waals surface area contributed by atoms with Crippen LogP contribution in [0.4, 0.5) is 0 Å². The van der Waals surface area contributed by atoms with Crippen molar-refractivity contribution in [3.05, 3.63) is 115 Å². The van der Waals surface area contributed by atoms with Gasteiger partial charge in [-0.3, -0.25) is 9.59 Å². The van der Waals surface area contributed by atoms with Crippen LogP contribution in [0.5, 0.6) is 0 Å². The largest absolute Gasteiger partial charge is 0.330 e. The summed E-state index contributed by atoms with van der Waals surface area (Å²) >= 11 is 12.0. The number of H-pyrrole nitrogens is 1. The number of hydrogen-bond donors (Lipinski definition) is 1. The molecular weight excluding hydrogens is 443 g/mol. The van der Waals surface area contributed by atoms with Crippen molar-refractivity contribution in [1.82, 2.24) is 9.88 Å². The molecule has 0 aliphatic carbocycles. The zero-order valence-electron chi connectivity index (χ0n) is 17.8. The first-order valence-corrected chi connectivity index (χ1v) is 11.0. The smallest absolute Gasteiger partial charge is 0.254 e. The van der Waals surface area contributed by atoms with Crippen molar-refractivity contribution in [2.24, 2.45) is 0 Å². The molecule has 0 saturated carbocycles. The number of benzene rings is 3. The molecule has 162 valence electrons. The van der Waals surface area contributed by atoms with Gasteiger partial charge in [-0.15, -0.1) is 0 Å². The number of nitrogens with zero attached hydrogens (tertiary/aromatic N) is 1. The Morgan fingerprint density at radius 2 is 1.44 bits per heavy atom. The summed E-state index contributed by atoms with van der Waals surface area (Å²) in [6, 6.07) is 20.0. The average molecular weight is 465 g/mol. The number of hydrogen-bond acceptors (Lipinski definition) is 2. The summed E-state index contributed by atoms with van der Waals surface area (Å²) in [5.74, 6) is -0.184. The average Bonchev–Trinajstić information content (AvgIpc) is 2.77. The fourth-order valence-corrected chi connectivity index (χ4v) is 3.88. The van der Waals surface area contributed by atoms with Gasteiger partial charge in [0.25, 0.3) is 11.5 Å². The Balaban J connectivity index is 1.72. The molecule has 32 heavy (non-hydrogen) atoms. The monoisotopic (exact) mass is 464 g/mol. The molecule has 0 radical (unpaired) electrons. The van der Waals surface area contributed by atoms with Crippen LogP contribution in [0.15, 0.2) is 71.5 Å². The molecular formula is C26H22Cl2N2O2. The molecule has 0 unspecified atom stereocenters. The molecule has 4 rings (SSSR count). The normalized spacial score (nSPS) is 11.0. The predicted octanol–water partition coefficient (Wildman–Crippen LogP) is 6.29. The molecule has 3 aromatic carbocycles. The van der Waals surface area contributed by atoms with Crippen molar-refractivity contribution in [2.75, 3.05) is 0 Å². The van der Waals surface area contributed by atoms with Crippen molar-refractivity contribution < 1.29 is 4.79 Å². The molecule has 0 saturated heterocycles. The van der Waals surface area contributed by atoms with Crippen LogP contribution in [0, 0.1) is 13.8 Å². The van der Waals surface area contributed by atoms with Crippen LogP contribution in [0.1, 0.15) is 32.6 Å². The third-order valence-corrected chi connectivity index (χ3v) is 6.07. The molecule has 4 aromatic rings. The fourth-order valence-electron chi connectivity index (χ4n) is 3.63. The molecule has 4 nitrogen and oxygen atoms in total. The minimum absolute atomic E-state index is 0.169. The van der Waals surface area contributed by atoms with Crippen molar-refractivity contribution >= 4 is 40.0 Å². The summed E-state index contributed by atoms with van der Waals surface area (Å²) < 4.78 is 0. The Kier molecular flexibility index (Phi) is 6.35. The third-order valence-electron chi connectivity index (χ3n) is 5.56. The second-order valence-corrected chi connectivity index (χ2v) is 8.81. The molecule has 1 heterocycles.